The van der Waals surface area contributed by atoms with Gasteiger partial charge in [-0.25, -0.2) is 0 Å². The average Bonchev–Trinajstić information content (AvgIpc) is 2.94. The van der Waals surface area contributed by atoms with Crippen LogP contribution in [0.2, 0.25) is 0 Å². The molecule has 0 spiro atoms. The van der Waals surface area contributed by atoms with Crippen molar-refractivity contribution in [3.05, 3.63) is 36.4 Å². The van der Waals surface area contributed by atoms with Gasteiger partial charge in [0.2, 0.25) is 11.8 Å². The maximum Gasteiger partial charge on any atom is 0.250 e. The summed E-state index contributed by atoms with van der Waals surface area (Å²) in [5.41, 5.74) is 26.2. The Hall–Kier alpha value is -3.22. The average molecular weight is 282 g/mol. The standard InChI is InChI=1S/C14H14N6O/c15-9-5-1-3-7(11(9)17)13-19-20-14(21-13)8-4-2-6-10(16)12(8)18/h1-6H,15-18H2. The molecule has 3 rings (SSSR count). The molecule has 0 saturated heterocycles. The first kappa shape index (κ1) is 12.8. The van der Waals surface area contributed by atoms with Crippen molar-refractivity contribution in [2.45, 2.75) is 0 Å². The van der Waals surface area contributed by atoms with E-state index in [1.807, 2.05) is 0 Å². The number of anilines is 4. The van der Waals surface area contributed by atoms with Crippen LogP contribution in [0.1, 0.15) is 0 Å². The topological polar surface area (TPSA) is 143 Å². The molecule has 8 N–H and O–H groups in total. The van der Waals surface area contributed by atoms with Crippen molar-refractivity contribution >= 4 is 22.7 Å². The van der Waals surface area contributed by atoms with E-state index in [9.17, 15) is 0 Å². The minimum absolute atomic E-state index is 0.275. The molecule has 0 radical (unpaired) electrons. The number of hydrogen-bond donors (Lipinski definition) is 4. The second-order valence-corrected chi connectivity index (χ2v) is 4.53. The molecule has 1 heterocycles. The lowest BCUT2D eigenvalue weighted by atomic mass is 10.1. The summed E-state index contributed by atoms with van der Waals surface area (Å²) in [6.45, 7) is 0. The summed E-state index contributed by atoms with van der Waals surface area (Å²) in [6, 6.07) is 10.4. The molecular formula is C14H14N6O. The van der Waals surface area contributed by atoms with Crippen LogP contribution in [-0.2, 0) is 0 Å². The zero-order valence-corrected chi connectivity index (χ0v) is 11.1. The number of nitrogens with zero attached hydrogens (tertiary/aromatic N) is 2. The second-order valence-electron chi connectivity index (χ2n) is 4.53. The molecule has 0 aliphatic heterocycles. The molecule has 7 heteroatoms. The van der Waals surface area contributed by atoms with Crippen molar-refractivity contribution in [2.75, 3.05) is 22.9 Å². The predicted molar refractivity (Wildman–Crippen MR) is 82.8 cm³/mol. The van der Waals surface area contributed by atoms with Gasteiger partial charge in [0, 0.05) is 0 Å². The van der Waals surface area contributed by atoms with Crippen LogP contribution in [-0.4, -0.2) is 10.2 Å². The van der Waals surface area contributed by atoms with Crippen molar-refractivity contribution in [3.63, 3.8) is 0 Å². The Morgan fingerprint density at radius 1 is 0.667 bits per heavy atom. The highest BCUT2D eigenvalue weighted by molar-refractivity contribution is 5.83. The third-order valence-corrected chi connectivity index (χ3v) is 3.17. The molecule has 0 atom stereocenters. The maximum absolute atomic E-state index is 5.92. The number of aromatic nitrogens is 2. The minimum atomic E-state index is 0.275. The van der Waals surface area contributed by atoms with E-state index in [-0.39, 0.29) is 11.8 Å². The summed E-state index contributed by atoms with van der Waals surface area (Å²) in [7, 11) is 0. The van der Waals surface area contributed by atoms with Gasteiger partial charge in [-0.05, 0) is 24.3 Å². The van der Waals surface area contributed by atoms with Crippen molar-refractivity contribution in [1.29, 1.82) is 0 Å². The summed E-state index contributed by atoms with van der Waals surface area (Å²) in [6.07, 6.45) is 0. The van der Waals surface area contributed by atoms with Crippen molar-refractivity contribution in [2.24, 2.45) is 0 Å². The van der Waals surface area contributed by atoms with Crippen LogP contribution in [0.3, 0.4) is 0 Å². The summed E-state index contributed by atoms with van der Waals surface area (Å²) in [5.74, 6) is 0.549. The fourth-order valence-corrected chi connectivity index (χ4v) is 1.98. The Labute approximate surface area is 120 Å². The lowest BCUT2D eigenvalue weighted by Gasteiger charge is -2.04. The van der Waals surface area contributed by atoms with Crippen molar-refractivity contribution in [1.82, 2.24) is 10.2 Å². The van der Waals surface area contributed by atoms with Gasteiger partial charge in [-0.1, -0.05) is 12.1 Å². The quantitative estimate of drug-likeness (QED) is 0.524. The number of nitrogens with two attached hydrogens (primary N) is 4. The highest BCUT2D eigenvalue weighted by Crippen LogP contribution is 2.33. The van der Waals surface area contributed by atoms with Crippen LogP contribution >= 0.6 is 0 Å². The normalized spacial score (nSPS) is 10.7. The van der Waals surface area contributed by atoms with Gasteiger partial charge in [-0.2, -0.15) is 0 Å². The molecule has 0 saturated carbocycles. The molecule has 0 unspecified atom stereocenters. The SMILES string of the molecule is Nc1cccc(-c2nnc(-c3cccc(N)c3N)o2)c1N. The largest absolute Gasteiger partial charge is 0.416 e. The Balaban J connectivity index is 2.08. The van der Waals surface area contributed by atoms with Crippen molar-refractivity contribution in [3.8, 4) is 22.9 Å². The Morgan fingerprint density at radius 3 is 1.52 bits per heavy atom. The third-order valence-electron chi connectivity index (χ3n) is 3.17. The number of hydrogen-bond acceptors (Lipinski definition) is 7. The second kappa shape index (κ2) is 4.71. The number of rotatable bonds is 2. The van der Waals surface area contributed by atoms with Crippen LogP contribution in [0, 0.1) is 0 Å². The molecule has 2 aromatic carbocycles. The van der Waals surface area contributed by atoms with Gasteiger partial charge in [0.25, 0.3) is 0 Å². The molecule has 3 aromatic rings. The van der Waals surface area contributed by atoms with E-state index in [0.717, 1.165) is 0 Å². The Kier molecular flexibility index (Phi) is 2.87. The molecule has 106 valence electrons. The van der Waals surface area contributed by atoms with Gasteiger partial charge in [0.15, 0.2) is 0 Å². The molecule has 0 amide bonds. The van der Waals surface area contributed by atoms with E-state index in [1.165, 1.54) is 0 Å². The van der Waals surface area contributed by atoms with E-state index in [1.54, 1.807) is 36.4 Å². The van der Waals surface area contributed by atoms with Gasteiger partial charge < -0.3 is 27.4 Å². The van der Waals surface area contributed by atoms with Gasteiger partial charge in [0.1, 0.15) is 0 Å². The Bertz CT molecular complexity index is 745. The fraction of sp³-hybridized carbons (Fsp3) is 0. The number of nitrogen functional groups attached to an aromatic ring is 4. The summed E-state index contributed by atoms with van der Waals surface area (Å²) < 4.78 is 5.63. The summed E-state index contributed by atoms with van der Waals surface area (Å²) >= 11 is 0. The molecule has 0 aliphatic rings. The molecule has 0 aliphatic carbocycles. The van der Waals surface area contributed by atoms with E-state index >= 15 is 0 Å². The first-order valence-electron chi connectivity index (χ1n) is 6.20. The van der Waals surface area contributed by atoms with Crippen molar-refractivity contribution < 1.29 is 4.42 Å². The molecular weight excluding hydrogens is 268 g/mol. The third kappa shape index (κ3) is 2.10. The summed E-state index contributed by atoms with van der Waals surface area (Å²) in [5, 5.41) is 7.97. The molecule has 0 bridgehead atoms. The zero-order valence-electron chi connectivity index (χ0n) is 11.1. The molecule has 7 nitrogen and oxygen atoms in total. The van der Waals surface area contributed by atoms with E-state index in [4.69, 9.17) is 27.4 Å². The molecule has 0 fully saturated rings. The zero-order chi connectivity index (χ0) is 15.0. The first-order chi connectivity index (χ1) is 10.1. The number of para-hydroxylation sites is 2. The van der Waals surface area contributed by atoms with E-state index in [0.29, 0.717) is 33.9 Å². The minimum Gasteiger partial charge on any atom is -0.416 e. The van der Waals surface area contributed by atoms with Gasteiger partial charge in [0.05, 0.1) is 33.9 Å². The summed E-state index contributed by atoms with van der Waals surface area (Å²) in [4.78, 5) is 0. The van der Waals surface area contributed by atoms with Crippen LogP contribution in [0.15, 0.2) is 40.8 Å². The van der Waals surface area contributed by atoms with Gasteiger partial charge >= 0.3 is 0 Å². The van der Waals surface area contributed by atoms with Crippen LogP contribution in [0.5, 0.6) is 0 Å². The predicted octanol–water partition coefficient (Wildman–Crippen LogP) is 1.73. The van der Waals surface area contributed by atoms with Gasteiger partial charge in [-0.15, -0.1) is 10.2 Å². The first-order valence-corrected chi connectivity index (χ1v) is 6.20. The Morgan fingerprint density at radius 2 is 1.10 bits per heavy atom. The lowest BCUT2D eigenvalue weighted by molar-refractivity contribution is 0.585. The maximum atomic E-state index is 5.92. The monoisotopic (exact) mass is 282 g/mol. The highest BCUT2D eigenvalue weighted by atomic mass is 16.4. The van der Waals surface area contributed by atoms with E-state index in [2.05, 4.69) is 10.2 Å². The molecule has 21 heavy (non-hydrogen) atoms. The fourth-order valence-electron chi connectivity index (χ4n) is 1.98. The molecule has 1 aromatic heterocycles. The van der Waals surface area contributed by atoms with E-state index < -0.39 is 0 Å². The number of benzene rings is 2. The highest BCUT2D eigenvalue weighted by Gasteiger charge is 2.16. The van der Waals surface area contributed by atoms with Crippen LogP contribution in [0.4, 0.5) is 22.7 Å². The van der Waals surface area contributed by atoms with Crippen LogP contribution in [0.25, 0.3) is 22.9 Å². The van der Waals surface area contributed by atoms with Crippen LogP contribution < -0.4 is 22.9 Å². The smallest absolute Gasteiger partial charge is 0.250 e. The lowest BCUT2D eigenvalue weighted by Crippen LogP contribution is -1.97. The van der Waals surface area contributed by atoms with Gasteiger partial charge in [-0.3, -0.25) is 0 Å².